The van der Waals surface area contributed by atoms with Crippen LogP contribution in [0.3, 0.4) is 0 Å². The summed E-state index contributed by atoms with van der Waals surface area (Å²) in [7, 11) is 0. The fourth-order valence-corrected chi connectivity index (χ4v) is 2.88. The lowest BCUT2D eigenvalue weighted by molar-refractivity contribution is -0.135. The van der Waals surface area contributed by atoms with Crippen LogP contribution in [-0.4, -0.2) is 40.9 Å². The minimum absolute atomic E-state index is 0.0220. The number of carbonyl (C=O) groups is 2. The summed E-state index contributed by atoms with van der Waals surface area (Å²) in [5.74, 6) is 0.763. The molecule has 0 aliphatic carbocycles. The molecule has 0 aromatic rings. The van der Waals surface area contributed by atoms with Crippen molar-refractivity contribution in [1.82, 2.24) is 10.2 Å². The maximum Gasteiger partial charge on any atom is 0.250 e. The van der Waals surface area contributed by atoms with Gasteiger partial charge in [-0.1, -0.05) is 13.0 Å². The van der Waals surface area contributed by atoms with Crippen LogP contribution in [0.2, 0.25) is 0 Å². The molecule has 0 aromatic carbocycles. The number of nitrogens with zero attached hydrogens (tertiary/aromatic N) is 2. The average molecular weight is 267 g/mol. The number of nitriles is 1. The van der Waals surface area contributed by atoms with Gasteiger partial charge >= 0.3 is 0 Å². The molecular formula is C12H17N3O2S. The second-order valence-electron chi connectivity index (χ2n) is 3.96. The topological polar surface area (TPSA) is 73.2 Å². The third-order valence-electron chi connectivity index (χ3n) is 2.64. The Balaban J connectivity index is 2.70. The van der Waals surface area contributed by atoms with Crippen LogP contribution in [-0.2, 0) is 9.59 Å². The van der Waals surface area contributed by atoms with Crippen molar-refractivity contribution in [3.8, 4) is 6.07 Å². The molecule has 1 saturated heterocycles. The van der Waals surface area contributed by atoms with Gasteiger partial charge in [-0.2, -0.15) is 5.26 Å². The van der Waals surface area contributed by atoms with E-state index in [4.69, 9.17) is 5.26 Å². The van der Waals surface area contributed by atoms with Crippen LogP contribution in [0, 0.1) is 11.3 Å². The van der Waals surface area contributed by atoms with Crippen molar-refractivity contribution in [2.45, 2.75) is 26.3 Å². The SMILES string of the molecule is CC/C=C(\C)C(=O)N1CSC[C@H]1C(=O)NCC#N. The first kappa shape index (κ1) is 14.6. The molecule has 0 saturated carbocycles. The van der Waals surface area contributed by atoms with Gasteiger partial charge in [-0.05, 0) is 13.3 Å². The third kappa shape index (κ3) is 3.50. The quantitative estimate of drug-likeness (QED) is 0.606. The van der Waals surface area contributed by atoms with E-state index in [9.17, 15) is 9.59 Å². The number of hydrogen-bond donors (Lipinski definition) is 1. The van der Waals surface area contributed by atoms with Gasteiger partial charge in [-0.3, -0.25) is 9.59 Å². The first-order chi connectivity index (χ1) is 8.61. The van der Waals surface area contributed by atoms with Gasteiger partial charge < -0.3 is 10.2 Å². The van der Waals surface area contributed by atoms with E-state index >= 15 is 0 Å². The van der Waals surface area contributed by atoms with Crippen LogP contribution in [0.5, 0.6) is 0 Å². The van der Waals surface area contributed by atoms with Crippen LogP contribution in [0.25, 0.3) is 0 Å². The van der Waals surface area contributed by atoms with E-state index in [1.807, 2.05) is 19.1 Å². The maximum absolute atomic E-state index is 12.1. The summed E-state index contributed by atoms with van der Waals surface area (Å²) in [6.07, 6.45) is 2.65. The second kappa shape index (κ2) is 7.07. The Morgan fingerprint density at radius 2 is 2.33 bits per heavy atom. The van der Waals surface area contributed by atoms with Crippen LogP contribution in [0.15, 0.2) is 11.6 Å². The molecule has 1 fully saturated rings. The van der Waals surface area contributed by atoms with Crippen LogP contribution in [0.1, 0.15) is 20.3 Å². The Hall–Kier alpha value is -1.48. The van der Waals surface area contributed by atoms with E-state index in [0.717, 1.165) is 6.42 Å². The Morgan fingerprint density at radius 3 is 2.94 bits per heavy atom. The molecule has 1 heterocycles. The fraction of sp³-hybridized carbons (Fsp3) is 0.583. The minimum Gasteiger partial charge on any atom is -0.341 e. The molecule has 0 aromatic heterocycles. The van der Waals surface area contributed by atoms with E-state index in [2.05, 4.69) is 5.32 Å². The largest absolute Gasteiger partial charge is 0.341 e. The van der Waals surface area contributed by atoms with Crippen molar-refractivity contribution in [3.63, 3.8) is 0 Å². The summed E-state index contributed by atoms with van der Waals surface area (Å²) in [4.78, 5) is 25.5. The van der Waals surface area contributed by atoms with E-state index in [1.54, 1.807) is 23.6 Å². The lowest BCUT2D eigenvalue weighted by Crippen LogP contribution is -2.47. The highest BCUT2D eigenvalue weighted by Gasteiger charge is 2.34. The third-order valence-corrected chi connectivity index (χ3v) is 3.65. The van der Waals surface area contributed by atoms with Crippen molar-refractivity contribution in [3.05, 3.63) is 11.6 Å². The highest BCUT2D eigenvalue weighted by molar-refractivity contribution is 7.99. The second-order valence-corrected chi connectivity index (χ2v) is 4.96. The van der Waals surface area contributed by atoms with Crippen molar-refractivity contribution in [2.75, 3.05) is 18.2 Å². The molecule has 18 heavy (non-hydrogen) atoms. The zero-order valence-electron chi connectivity index (χ0n) is 10.6. The molecule has 1 aliphatic rings. The van der Waals surface area contributed by atoms with Gasteiger partial charge in [0.25, 0.3) is 5.91 Å². The summed E-state index contributed by atoms with van der Waals surface area (Å²) in [5, 5.41) is 10.9. The van der Waals surface area contributed by atoms with Gasteiger partial charge in [0.1, 0.15) is 12.6 Å². The van der Waals surface area contributed by atoms with Gasteiger partial charge in [0.05, 0.1) is 11.9 Å². The highest BCUT2D eigenvalue weighted by atomic mass is 32.2. The first-order valence-corrected chi connectivity index (χ1v) is 6.97. The molecule has 0 spiro atoms. The zero-order chi connectivity index (χ0) is 13.5. The summed E-state index contributed by atoms with van der Waals surface area (Å²) < 4.78 is 0. The number of carbonyl (C=O) groups excluding carboxylic acids is 2. The molecule has 98 valence electrons. The zero-order valence-corrected chi connectivity index (χ0v) is 11.4. The Morgan fingerprint density at radius 1 is 1.61 bits per heavy atom. The number of thioether (sulfide) groups is 1. The predicted octanol–water partition coefficient (Wildman–Crippen LogP) is 0.884. The van der Waals surface area contributed by atoms with Crippen LogP contribution >= 0.6 is 11.8 Å². The molecule has 5 nitrogen and oxygen atoms in total. The lowest BCUT2D eigenvalue weighted by Gasteiger charge is -2.22. The molecule has 6 heteroatoms. The minimum atomic E-state index is -0.462. The number of allylic oxidation sites excluding steroid dienone is 1. The summed E-state index contributed by atoms with van der Waals surface area (Å²) in [6, 6.07) is 1.39. The maximum atomic E-state index is 12.1. The van der Waals surface area contributed by atoms with Gasteiger partial charge in [0.15, 0.2) is 0 Å². The molecule has 0 radical (unpaired) electrons. The summed E-state index contributed by atoms with van der Waals surface area (Å²) >= 11 is 1.55. The molecule has 1 aliphatic heterocycles. The van der Waals surface area contributed by atoms with E-state index in [1.165, 1.54) is 0 Å². The fourth-order valence-electron chi connectivity index (χ4n) is 1.72. The van der Waals surface area contributed by atoms with Gasteiger partial charge in [0.2, 0.25) is 5.91 Å². The molecular weight excluding hydrogens is 250 g/mol. The number of hydrogen-bond acceptors (Lipinski definition) is 4. The average Bonchev–Trinajstić information content (AvgIpc) is 2.84. The highest BCUT2D eigenvalue weighted by Crippen LogP contribution is 2.23. The van der Waals surface area contributed by atoms with Gasteiger partial charge in [-0.15, -0.1) is 11.8 Å². The van der Waals surface area contributed by atoms with E-state index < -0.39 is 6.04 Å². The Kier molecular flexibility index (Phi) is 5.72. The van der Waals surface area contributed by atoms with Crippen LogP contribution < -0.4 is 5.32 Å². The van der Waals surface area contributed by atoms with Crippen molar-refractivity contribution < 1.29 is 9.59 Å². The molecule has 1 rings (SSSR count). The molecule has 0 bridgehead atoms. The molecule has 1 atom stereocenters. The Labute approximate surface area is 111 Å². The molecule has 2 amide bonds. The van der Waals surface area contributed by atoms with Gasteiger partial charge in [0, 0.05) is 11.3 Å². The Bertz CT molecular complexity index is 401. The number of rotatable bonds is 4. The summed E-state index contributed by atoms with van der Waals surface area (Å²) in [6.45, 7) is 3.71. The number of nitrogens with one attached hydrogen (secondary N) is 1. The van der Waals surface area contributed by atoms with E-state index in [-0.39, 0.29) is 18.4 Å². The molecule has 1 N–H and O–H groups in total. The first-order valence-electron chi connectivity index (χ1n) is 5.82. The predicted molar refractivity (Wildman–Crippen MR) is 70.6 cm³/mol. The van der Waals surface area contributed by atoms with Crippen molar-refractivity contribution >= 4 is 23.6 Å². The summed E-state index contributed by atoms with van der Waals surface area (Å²) in [5.41, 5.74) is 0.665. The monoisotopic (exact) mass is 267 g/mol. The van der Waals surface area contributed by atoms with Crippen LogP contribution in [0.4, 0.5) is 0 Å². The smallest absolute Gasteiger partial charge is 0.250 e. The van der Waals surface area contributed by atoms with Gasteiger partial charge in [-0.25, -0.2) is 0 Å². The number of amides is 2. The normalized spacial score (nSPS) is 19.5. The van der Waals surface area contributed by atoms with E-state index in [0.29, 0.717) is 17.2 Å². The van der Waals surface area contributed by atoms with Crippen molar-refractivity contribution in [2.24, 2.45) is 0 Å². The lowest BCUT2D eigenvalue weighted by atomic mass is 10.2. The van der Waals surface area contributed by atoms with Crippen molar-refractivity contribution in [1.29, 1.82) is 5.26 Å². The standard InChI is InChI=1S/C12H17N3O2S/c1-3-4-9(2)12(17)15-8-18-7-10(15)11(16)14-6-5-13/h4,10H,3,6-8H2,1-2H3,(H,14,16)/b9-4+/t10-/m0/s1. The molecule has 0 unspecified atom stereocenters.